The molecule has 25 heavy (non-hydrogen) atoms. The van der Waals surface area contributed by atoms with Crippen LogP contribution in [0.15, 0.2) is 29.4 Å². The third-order valence-electron chi connectivity index (χ3n) is 3.28. The normalized spacial score (nSPS) is 12.9. The molecule has 0 bridgehead atoms. The lowest BCUT2D eigenvalue weighted by Crippen LogP contribution is -2.41. The Labute approximate surface area is 158 Å². The van der Waals surface area contributed by atoms with E-state index in [4.69, 9.17) is 40.5 Å². The maximum atomic E-state index is 12.4. The molecular weight excluding hydrogens is 415 g/mol. The molecule has 0 fully saturated rings. The number of sulfonamides is 1. The summed E-state index contributed by atoms with van der Waals surface area (Å²) in [7, 11) is -4.18. The minimum Gasteiger partial charge on any atom is -0.480 e. The Morgan fingerprint density at radius 2 is 1.92 bits per heavy atom. The highest BCUT2D eigenvalue weighted by Crippen LogP contribution is 2.30. The van der Waals surface area contributed by atoms with Crippen molar-refractivity contribution in [3.63, 3.8) is 0 Å². The highest BCUT2D eigenvalue weighted by molar-refractivity contribution is 7.89. The van der Waals surface area contributed by atoms with Gasteiger partial charge in [0.2, 0.25) is 15.3 Å². The minimum absolute atomic E-state index is 0.0341. The number of hydrogen-bond donors (Lipinski definition) is 3. The number of hydrogen-bond acceptors (Lipinski definition) is 5. The molecule has 1 atom stereocenters. The Morgan fingerprint density at radius 3 is 2.40 bits per heavy atom. The van der Waals surface area contributed by atoms with Crippen LogP contribution in [0.5, 0.6) is 0 Å². The molecule has 0 aliphatic carbocycles. The zero-order valence-electron chi connectivity index (χ0n) is 12.5. The number of nitrogens with two attached hydrogens (primary N) is 1. The van der Waals surface area contributed by atoms with E-state index in [0.717, 1.165) is 12.1 Å². The van der Waals surface area contributed by atoms with E-state index in [0.29, 0.717) is 0 Å². The molecule has 1 aromatic heterocycles. The van der Waals surface area contributed by atoms with Gasteiger partial charge in [-0.1, -0.05) is 23.2 Å². The Hall–Kier alpha value is -1.52. The lowest BCUT2D eigenvalue weighted by Gasteiger charge is -2.16. The van der Waals surface area contributed by atoms with Gasteiger partial charge in [0, 0.05) is 18.9 Å². The highest BCUT2D eigenvalue weighted by Gasteiger charge is 2.26. The van der Waals surface area contributed by atoms with Crippen molar-refractivity contribution in [1.29, 1.82) is 0 Å². The van der Waals surface area contributed by atoms with Crippen LogP contribution in [0.4, 0.5) is 5.69 Å². The van der Waals surface area contributed by atoms with Gasteiger partial charge < -0.3 is 15.4 Å². The maximum Gasteiger partial charge on any atom is 0.321 e. The second kappa shape index (κ2) is 7.79. The quantitative estimate of drug-likeness (QED) is 0.582. The second-order valence-corrected chi connectivity index (χ2v) is 7.86. The van der Waals surface area contributed by atoms with Crippen molar-refractivity contribution in [1.82, 2.24) is 14.3 Å². The molecule has 0 aliphatic rings. The van der Waals surface area contributed by atoms with Crippen molar-refractivity contribution in [2.45, 2.75) is 23.9 Å². The molecule has 1 aromatic carbocycles. The van der Waals surface area contributed by atoms with E-state index in [2.05, 4.69) is 9.71 Å². The van der Waals surface area contributed by atoms with Gasteiger partial charge in [-0.2, -0.15) is 4.72 Å². The van der Waals surface area contributed by atoms with Crippen molar-refractivity contribution in [3.05, 3.63) is 39.9 Å². The Morgan fingerprint density at radius 1 is 1.32 bits per heavy atom. The molecule has 0 aliphatic heterocycles. The summed E-state index contributed by atoms with van der Waals surface area (Å²) in [4.78, 5) is 14.9. The summed E-state index contributed by atoms with van der Waals surface area (Å²) in [6.07, 6.45) is 2.94. The summed E-state index contributed by atoms with van der Waals surface area (Å²) in [6, 6.07) is 0.798. The average molecular weight is 428 g/mol. The molecule has 136 valence electrons. The van der Waals surface area contributed by atoms with E-state index in [1.807, 2.05) is 0 Å². The molecule has 1 unspecified atom stereocenters. The average Bonchev–Trinajstić information content (AvgIpc) is 2.93. The first-order chi connectivity index (χ1) is 11.6. The van der Waals surface area contributed by atoms with Crippen LogP contribution >= 0.6 is 34.8 Å². The van der Waals surface area contributed by atoms with Gasteiger partial charge in [-0.3, -0.25) is 4.79 Å². The Bertz CT molecular complexity index is 877. The number of aryl methyl sites for hydroxylation is 1. The number of rotatable bonds is 7. The van der Waals surface area contributed by atoms with Crippen molar-refractivity contribution in [3.8, 4) is 0 Å². The van der Waals surface area contributed by atoms with Crippen molar-refractivity contribution in [2.75, 3.05) is 5.73 Å². The molecule has 0 saturated carbocycles. The molecule has 0 amide bonds. The maximum absolute atomic E-state index is 12.4. The largest absolute Gasteiger partial charge is 0.480 e. The van der Waals surface area contributed by atoms with E-state index in [1.54, 1.807) is 6.20 Å². The number of anilines is 1. The van der Waals surface area contributed by atoms with E-state index >= 15 is 0 Å². The van der Waals surface area contributed by atoms with E-state index in [1.165, 1.54) is 10.8 Å². The summed E-state index contributed by atoms with van der Waals surface area (Å²) in [5.74, 6) is -1.34. The lowest BCUT2D eigenvalue weighted by molar-refractivity contribution is -0.139. The number of carbonyl (C=O) groups is 1. The number of imidazole rings is 1. The molecule has 4 N–H and O–H groups in total. The molecule has 12 heteroatoms. The standard InChI is InChI=1S/C13H13Cl3N4O4S/c14-8-5-7(6-9(15)11(8)17)25(23,24)19-10(12(21)22)1-3-20-4-2-18-13(20)16/h2,4-6,10,19H,1,3,17H2,(H,21,22). The minimum atomic E-state index is -4.18. The fourth-order valence-corrected chi connectivity index (χ4v) is 4.04. The van der Waals surface area contributed by atoms with Crippen LogP contribution < -0.4 is 10.5 Å². The number of aliphatic carboxylic acids is 1. The first-order valence-corrected chi connectivity index (χ1v) is 9.40. The molecule has 0 saturated heterocycles. The van der Waals surface area contributed by atoms with Crippen LogP contribution in [-0.2, 0) is 21.4 Å². The van der Waals surface area contributed by atoms with E-state index in [-0.39, 0.29) is 38.9 Å². The lowest BCUT2D eigenvalue weighted by atomic mass is 10.2. The van der Waals surface area contributed by atoms with E-state index in [9.17, 15) is 18.3 Å². The summed E-state index contributed by atoms with van der Waals surface area (Å²) < 4.78 is 28.4. The first-order valence-electron chi connectivity index (χ1n) is 6.78. The van der Waals surface area contributed by atoms with Crippen LogP contribution in [0.25, 0.3) is 0 Å². The Kier molecular flexibility index (Phi) is 6.17. The van der Waals surface area contributed by atoms with Gasteiger partial charge in [0.1, 0.15) is 6.04 Å². The van der Waals surface area contributed by atoms with Crippen molar-refractivity contribution >= 4 is 56.5 Å². The Balaban J connectivity index is 2.20. The number of carboxylic acids is 1. The van der Waals surface area contributed by atoms with E-state index < -0.39 is 22.0 Å². The number of aromatic nitrogens is 2. The fourth-order valence-electron chi connectivity index (χ4n) is 1.95. The number of nitrogens with one attached hydrogen (secondary N) is 1. The molecule has 2 aromatic rings. The molecule has 1 heterocycles. The van der Waals surface area contributed by atoms with Gasteiger partial charge in [0.15, 0.2) is 0 Å². The van der Waals surface area contributed by atoms with Gasteiger partial charge in [-0.25, -0.2) is 13.4 Å². The number of nitrogens with zero attached hydrogens (tertiary/aromatic N) is 2. The van der Waals surface area contributed by atoms with Crippen LogP contribution in [0.2, 0.25) is 15.3 Å². The molecule has 8 nitrogen and oxygen atoms in total. The topological polar surface area (TPSA) is 127 Å². The number of benzene rings is 1. The smallest absolute Gasteiger partial charge is 0.321 e. The van der Waals surface area contributed by atoms with Crippen LogP contribution in [0, 0.1) is 0 Å². The van der Waals surface area contributed by atoms with Gasteiger partial charge in [-0.05, 0) is 30.2 Å². The highest BCUT2D eigenvalue weighted by atomic mass is 35.5. The summed E-state index contributed by atoms with van der Waals surface area (Å²) >= 11 is 17.5. The SMILES string of the molecule is Nc1c(Cl)cc(S(=O)(=O)NC(CCn2ccnc2Cl)C(=O)O)cc1Cl. The number of nitrogen functional groups attached to an aromatic ring is 1. The summed E-state index contributed by atoms with van der Waals surface area (Å²) in [5.41, 5.74) is 5.60. The third-order valence-corrected chi connectivity index (χ3v) is 5.67. The van der Waals surface area contributed by atoms with Crippen LogP contribution in [0.3, 0.4) is 0 Å². The monoisotopic (exact) mass is 426 g/mol. The second-order valence-electron chi connectivity index (χ2n) is 4.99. The zero-order valence-corrected chi connectivity index (χ0v) is 15.6. The summed E-state index contributed by atoms with van der Waals surface area (Å²) in [6.45, 7) is 0.154. The predicted molar refractivity (Wildman–Crippen MR) is 94.5 cm³/mol. The first kappa shape index (κ1) is 19.8. The molecular formula is C13H13Cl3N4O4S. The molecule has 0 radical (unpaired) electrons. The van der Waals surface area contributed by atoms with Gasteiger partial charge in [-0.15, -0.1) is 0 Å². The van der Waals surface area contributed by atoms with Gasteiger partial charge in [0.05, 0.1) is 20.6 Å². The van der Waals surface area contributed by atoms with Gasteiger partial charge in [0.25, 0.3) is 0 Å². The molecule has 2 rings (SSSR count). The molecule has 0 spiro atoms. The van der Waals surface area contributed by atoms with Crippen LogP contribution in [0.1, 0.15) is 6.42 Å². The van der Waals surface area contributed by atoms with Crippen LogP contribution in [-0.4, -0.2) is 35.1 Å². The fraction of sp³-hybridized carbons (Fsp3) is 0.231. The third kappa shape index (κ3) is 4.77. The van der Waals surface area contributed by atoms with Gasteiger partial charge >= 0.3 is 5.97 Å². The number of carboxylic acid groups (broad SMARTS) is 1. The summed E-state index contributed by atoms with van der Waals surface area (Å²) in [5, 5.41) is 9.35. The van der Waals surface area contributed by atoms with Crippen molar-refractivity contribution < 1.29 is 18.3 Å². The van der Waals surface area contributed by atoms with Crippen molar-refractivity contribution in [2.24, 2.45) is 0 Å². The predicted octanol–water partition coefficient (Wildman–Crippen LogP) is 2.25. The zero-order chi connectivity index (χ0) is 18.8. The number of halogens is 3.